The van der Waals surface area contributed by atoms with Crippen molar-refractivity contribution in [2.75, 3.05) is 26.4 Å². The summed E-state index contributed by atoms with van der Waals surface area (Å²) in [7, 11) is 0. The van der Waals surface area contributed by atoms with E-state index in [4.69, 9.17) is 14.2 Å². The minimum atomic E-state index is 0.300. The molecule has 0 bridgehead atoms. The Hall–Kier alpha value is -3.22. The van der Waals surface area contributed by atoms with Gasteiger partial charge < -0.3 is 14.2 Å². The molecule has 0 aliphatic carbocycles. The van der Waals surface area contributed by atoms with Crippen molar-refractivity contribution in [2.24, 2.45) is 0 Å². The van der Waals surface area contributed by atoms with Gasteiger partial charge in [-0.1, -0.05) is 18.2 Å². The van der Waals surface area contributed by atoms with Crippen LogP contribution in [0.25, 0.3) is 27.8 Å². The van der Waals surface area contributed by atoms with Gasteiger partial charge in [-0.25, -0.2) is 4.52 Å². The van der Waals surface area contributed by atoms with Gasteiger partial charge in [-0.05, 0) is 54.3 Å². The lowest BCUT2D eigenvalue weighted by Crippen LogP contribution is -2.25. The fourth-order valence-corrected chi connectivity index (χ4v) is 3.87. The Labute approximate surface area is 181 Å². The van der Waals surface area contributed by atoms with E-state index in [0.29, 0.717) is 19.3 Å². The van der Waals surface area contributed by atoms with Crippen LogP contribution in [0.3, 0.4) is 0 Å². The van der Waals surface area contributed by atoms with Crippen LogP contribution in [0.2, 0.25) is 0 Å². The van der Waals surface area contributed by atoms with Crippen LogP contribution in [0.15, 0.2) is 73.3 Å². The number of aromatic nitrogens is 3. The predicted molar refractivity (Wildman–Crippen MR) is 119 cm³/mol. The Morgan fingerprint density at radius 1 is 0.871 bits per heavy atom. The molecule has 1 aliphatic rings. The summed E-state index contributed by atoms with van der Waals surface area (Å²) < 4.78 is 19.0. The van der Waals surface area contributed by atoms with Crippen molar-refractivity contribution >= 4 is 5.52 Å². The summed E-state index contributed by atoms with van der Waals surface area (Å²) in [4.78, 5) is 4.08. The van der Waals surface area contributed by atoms with E-state index in [1.54, 1.807) is 12.4 Å². The van der Waals surface area contributed by atoms with Crippen molar-refractivity contribution < 1.29 is 14.2 Å². The second-order valence-corrected chi connectivity index (χ2v) is 7.60. The number of fused-ring (bicyclic) bond motifs is 1. The molecule has 6 heteroatoms. The molecule has 1 saturated heterocycles. The van der Waals surface area contributed by atoms with Gasteiger partial charge in [0.15, 0.2) is 0 Å². The monoisotopic (exact) mass is 415 g/mol. The van der Waals surface area contributed by atoms with Crippen LogP contribution in [0, 0.1) is 0 Å². The molecule has 0 saturated carbocycles. The zero-order valence-corrected chi connectivity index (χ0v) is 17.3. The molecule has 5 rings (SSSR count). The average molecular weight is 415 g/mol. The molecule has 0 atom stereocenters. The minimum absolute atomic E-state index is 0.300. The average Bonchev–Trinajstić information content (AvgIpc) is 3.27. The number of ether oxygens (including phenoxy) is 3. The van der Waals surface area contributed by atoms with Gasteiger partial charge in [-0.2, -0.15) is 5.10 Å². The third kappa shape index (κ3) is 4.60. The highest BCUT2D eigenvalue weighted by atomic mass is 16.5. The van der Waals surface area contributed by atoms with Crippen LogP contribution >= 0.6 is 0 Å². The Morgan fingerprint density at radius 2 is 1.65 bits per heavy atom. The van der Waals surface area contributed by atoms with Crippen LogP contribution in [-0.4, -0.2) is 47.1 Å². The standard InChI is InChI=1S/C25H25N3O3/c1-4-22(30-15-16-31-23-9-13-29-14-10-23)5-2-20(1)24-17-27-28-18-21(3-6-25(24)28)19-7-11-26-12-8-19/h1-8,11-12,17-18,23H,9-10,13-16H2. The van der Waals surface area contributed by atoms with Gasteiger partial charge in [0.2, 0.25) is 0 Å². The first-order valence-electron chi connectivity index (χ1n) is 10.7. The van der Waals surface area contributed by atoms with Crippen molar-refractivity contribution in [3.05, 3.63) is 73.3 Å². The van der Waals surface area contributed by atoms with E-state index >= 15 is 0 Å². The Morgan fingerprint density at radius 3 is 2.45 bits per heavy atom. The van der Waals surface area contributed by atoms with Crippen molar-refractivity contribution in [1.29, 1.82) is 0 Å². The summed E-state index contributed by atoms with van der Waals surface area (Å²) in [6.45, 7) is 2.73. The van der Waals surface area contributed by atoms with Crippen LogP contribution in [0.5, 0.6) is 5.75 Å². The minimum Gasteiger partial charge on any atom is -0.491 e. The highest BCUT2D eigenvalue weighted by Crippen LogP contribution is 2.28. The zero-order valence-electron chi connectivity index (χ0n) is 17.3. The summed E-state index contributed by atoms with van der Waals surface area (Å²) >= 11 is 0. The van der Waals surface area contributed by atoms with Crippen LogP contribution in [0.1, 0.15) is 12.8 Å². The lowest BCUT2D eigenvalue weighted by Gasteiger charge is -2.22. The van der Waals surface area contributed by atoms with Crippen molar-refractivity contribution in [2.45, 2.75) is 18.9 Å². The molecule has 0 amide bonds. The summed E-state index contributed by atoms with van der Waals surface area (Å²) in [6, 6.07) is 16.4. The summed E-state index contributed by atoms with van der Waals surface area (Å²) in [5.41, 5.74) is 5.50. The fraction of sp³-hybridized carbons (Fsp3) is 0.280. The molecule has 6 nitrogen and oxygen atoms in total. The largest absolute Gasteiger partial charge is 0.491 e. The molecule has 4 heterocycles. The number of nitrogens with zero attached hydrogens (tertiary/aromatic N) is 3. The van der Waals surface area contributed by atoms with Gasteiger partial charge in [0.25, 0.3) is 0 Å². The fourth-order valence-electron chi connectivity index (χ4n) is 3.87. The molecule has 4 aromatic rings. The Kier molecular flexibility index (Phi) is 5.91. The maximum absolute atomic E-state index is 5.86. The number of hydrogen-bond donors (Lipinski definition) is 0. The number of hydrogen-bond acceptors (Lipinski definition) is 5. The normalized spacial score (nSPS) is 14.7. The molecule has 158 valence electrons. The number of pyridine rings is 2. The van der Waals surface area contributed by atoms with E-state index in [1.807, 2.05) is 41.2 Å². The predicted octanol–water partition coefficient (Wildman–Crippen LogP) is 4.64. The van der Waals surface area contributed by atoms with E-state index in [1.165, 1.54) is 0 Å². The summed E-state index contributed by atoms with van der Waals surface area (Å²) in [5.74, 6) is 0.843. The van der Waals surface area contributed by atoms with E-state index in [9.17, 15) is 0 Å². The molecule has 1 aliphatic heterocycles. The van der Waals surface area contributed by atoms with Gasteiger partial charge in [-0.3, -0.25) is 4.98 Å². The lowest BCUT2D eigenvalue weighted by molar-refractivity contribution is -0.0388. The molecular formula is C25H25N3O3. The molecule has 3 aromatic heterocycles. The quantitative estimate of drug-likeness (QED) is 0.412. The van der Waals surface area contributed by atoms with Crippen molar-refractivity contribution in [3.8, 4) is 28.0 Å². The first kappa shape index (κ1) is 19.7. The van der Waals surface area contributed by atoms with Crippen molar-refractivity contribution in [3.63, 3.8) is 0 Å². The summed E-state index contributed by atoms with van der Waals surface area (Å²) in [6.07, 6.45) is 9.79. The van der Waals surface area contributed by atoms with Gasteiger partial charge in [0.1, 0.15) is 12.4 Å². The van der Waals surface area contributed by atoms with Gasteiger partial charge in [0, 0.05) is 42.9 Å². The zero-order chi connectivity index (χ0) is 20.9. The molecule has 1 aromatic carbocycles. The van der Waals surface area contributed by atoms with Gasteiger partial charge in [0.05, 0.1) is 24.4 Å². The highest BCUT2D eigenvalue weighted by Gasteiger charge is 2.13. The van der Waals surface area contributed by atoms with Gasteiger partial charge >= 0.3 is 0 Å². The number of benzene rings is 1. The highest BCUT2D eigenvalue weighted by molar-refractivity contribution is 5.81. The SMILES string of the molecule is c1cc(-c2ccc3c(-c4ccc(OCCOC5CCOCC5)cc4)cnn3c2)ccn1. The second kappa shape index (κ2) is 9.29. The van der Waals surface area contributed by atoms with Crippen LogP contribution < -0.4 is 4.74 Å². The van der Waals surface area contributed by atoms with Gasteiger partial charge in [-0.15, -0.1) is 0 Å². The molecule has 0 N–H and O–H groups in total. The second-order valence-electron chi connectivity index (χ2n) is 7.60. The lowest BCUT2D eigenvalue weighted by atomic mass is 10.1. The van der Waals surface area contributed by atoms with Crippen molar-refractivity contribution in [1.82, 2.24) is 14.6 Å². The van der Waals surface area contributed by atoms with E-state index in [2.05, 4.69) is 34.3 Å². The molecule has 0 radical (unpaired) electrons. The first-order chi connectivity index (χ1) is 15.4. The Balaban J connectivity index is 1.23. The molecule has 0 spiro atoms. The van der Waals surface area contributed by atoms with E-state index < -0.39 is 0 Å². The molecule has 1 fully saturated rings. The Bertz CT molecular complexity index is 1120. The number of rotatable bonds is 7. The molecule has 31 heavy (non-hydrogen) atoms. The third-order valence-corrected chi connectivity index (χ3v) is 5.57. The first-order valence-corrected chi connectivity index (χ1v) is 10.7. The summed E-state index contributed by atoms with van der Waals surface area (Å²) in [5, 5.41) is 4.55. The maximum atomic E-state index is 5.86. The molecular weight excluding hydrogens is 390 g/mol. The topological polar surface area (TPSA) is 57.9 Å². The van der Waals surface area contributed by atoms with Crippen LogP contribution in [-0.2, 0) is 9.47 Å². The van der Waals surface area contributed by atoms with E-state index in [-0.39, 0.29) is 0 Å². The maximum Gasteiger partial charge on any atom is 0.119 e. The van der Waals surface area contributed by atoms with Crippen LogP contribution in [0.4, 0.5) is 0 Å². The van der Waals surface area contributed by atoms with E-state index in [0.717, 1.165) is 59.6 Å². The third-order valence-electron chi connectivity index (χ3n) is 5.57. The smallest absolute Gasteiger partial charge is 0.119 e. The molecule has 0 unspecified atom stereocenters.